The van der Waals surface area contributed by atoms with Crippen molar-refractivity contribution in [2.24, 2.45) is 22.4 Å². The van der Waals surface area contributed by atoms with Crippen LogP contribution in [0.15, 0.2) is 29.7 Å². The highest BCUT2D eigenvalue weighted by molar-refractivity contribution is 7.47. The van der Waals surface area contributed by atoms with Crippen molar-refractivity contribution >= 4 is 25.4 Å². The summed E-state index contributed by atoms with van der Waals surface area (Å²) in [6.45, 7) is 3.42. The Balaban J connectivity index is 1.76. The number of phosphoric acid groups is 1. The molecule has 3 aliphatic rings. The second-order valence-corrected chi connectivity index (χ2v) is 11.2. The van der Waals surface area contributed by atoms with Gasteiger partial charge in [0.25, 0.3) is 5.79 Å². The van der Waals surface area contributed by atoms with Crippen LogP contribution in [0.4, 0.5) is 0 Å². The third kappa shape index (κ3) is 7.37. The molecule has 232 valence electrons. The van der Waals surface area contributed by atoms with Crippen LogP contribution in [0.2, 0.25) is 0 Å². The largest absolute Gasteiger partial charge is 0.477 e. The van der Waals surface area contributed by atoms with Gasteiger partial charge in [-0.15, -0.1) is 0 Å². The summed E-state index contributed by atoms with van der Waals surface area (Å²) >= 11 is 0. The molecule has 0 aromatic heterocycles. The second kappa shape index (κ2) is 12.9. The molecule has 19 heteroatoms. The Hall–Kier alpha value is -2.32. The Morgan fingerprint density at radius 2 is 1.98 bits per heavy atom. The number of rotatable bonds is 12. The first kappa shape index (κ1) is 33.2. The molecule has 11 atom stereocenters. The number of aliphatic hydroxyl groups is 5. The number of aliphatic imine (C=N–C) groups is 1. The van der Waals surface area contributed by atoms with Gasteiger partial charge in [-0.05, 0) is 13.0 Å². The van der Waals surface area contributed by atoms with Gasteiger partial charge in [-0.1, -0.05) is 6.58 Å². The monoisotopic (exact) mass is 610 g/mol. The highest BCUT2D eigenvalue weighted by Gasteiger charge is 2.58. The Kier molecular flexibility index (Phi) is 10.4. The quantitative estimate of drug-likeness (QED) is 0.0965. The number of Topliss-reactive ketones (excluding diaryl/α,β-unsaturated/α-hetero) is 1. The van der Waals surface area contributed by atoms with Crippen LogP contribution in [-0.4, -0.2) is 126 Å². The number of aliphatic carboxylic acids is 1. The number of carbonyl (C=O) groups is 2. The van der Waals surface area contributed by atoms with E-state index in [4.69, 9.17) is 30.0 Å². The van der Waals surface area contributed by atoms with Gasteiger partial charge in [0.1, 0.15) is 41.9 Å². The zero-order valence-electron chi connectivity index (χ0n) is 21.9. The Labute approximate surface area is 233 Å². The van der Waals surface area contributed by atoms with Crippen LogP contribution in [0.5, 0.6) is 0 Å². The molecule has 2 saturated heterocycles. The van der Waals surface area contributed by atoms with Crippen LogP contribution < -0.4 is 11.5 Å². The summed E-state index contributed by atoms with van der Waals surface area (Å²) in [6.07, 6.45) is -11.7. The molecule has 0 bridgehead atoms. The Morgan fingerprint density at radius 3 is 2.54 bits per heavy atom. The molecule has 3 heterocycles. The number of aliphatic hydroxyl groups excluding tert-OH is 5. The summed E-state index contributed by atoms with van der Waals surface area (Å²) in [5, 5.41) is 62.0. The molecule has 0 radical (unpaired) electrons. The molecule has 3 rings (SSSR count). The predicted octanol–water partition coefficient (Wildman–Crippen LogP) is -3.57. The van der Waals surface area contributed by atoms with E-state index in [0.29, 0.717) is 0 Å². The van der Waals surface area contributed by atoms with E-state index in [1.807, 2.05) is 0 Å². The molecular formula is C22H35N4O14P. The lowest BCUT2D eigenvalue weighted by Crippen LogP contribution is -2.62. The maximum absolute atomic E-state index is 12.9. The van der Waals surface area contributed by atoms with Crippen molar-refractivity contribution in [2.45, 2.75) is 74.5 Å². The van der Waals surface area contributed by atoms with E-state index in [9.17, 15) is 49.7 Å². The molecule has 3 aliphatic heterocycles. The lowest BCUT2D eigenvalue weighted by Gasteiger charge is -2.46. The highest BCUT2D eigenvalue weighted by Crippen LogP contribution is 2.52. The molecule has 3 unspecified atom stereocenters. The number of phosphoric ester groups is 1. The molecule has 2 fully saturated rings. The van der Waals surface area contributed by atoms with Crippen molar-refractivity contribution < 1.29 is 68.2 Å². The number of nitrogens with two attached hydrogens (primary N) is 2. The van der Waals surface area contributed by atoms with Gasteiger partial charge in [0.05, 0.1) is 24.9 Å². The maximum atomic E-state index is 12.9. The van der Waals surface area contributed by atoms with Crippen molar-refractivity contribution in [2.75, 3.05) is 13.2 Å². The number of carboxylic acid groups (broad SMARTS) is 1. The van der Waals surface area contributed by atoms with Gasteiger partial charge in [-0.3, -0.25) is 4.52 Å². The molecule has 0 amide bonds. The van der Waals surface area contributed by atoms with Crippen molar-refractivity contribution in [3.8, 4) is 0 Å². The van der Waals surface area contributed by atoms with Gasteiger partial charge in [-0.2, -0.15) is 0 Å². The molecule has 0 aromatic rings. The van der Waals surface area contributed by atoms with Crippen LogP contribution in [0.1, 0.15) is 19.8 Å². The van der Waals surface area contributed by atoms with E-state index in [0.717, 1.165) is 0 Å². The number of amidine groups is 1. The summed E-state index contributed by atoms with van der Waals surface area (Å²) < 4.78 is 33.5. The number of hydrogen-bond donors (Lipinski definition) is 9. The second-order valence-electron chi connectivity index (χ2n) is 9.85. The third-order valence-electron chi connectivity index (χ3n) is 6.78. The zero-order valence-corrected chi connectivity index (χ0v) is 22.8. The highest BCUT2D eigenvalue weighted by atomic mass is 31.2. The number of ether oxygens (including phenoxy) is 2. The van der Waals surface area contributed by atoms with Crippen molar-refractivity contribution in [1.82, 2.24) is 4.90 Å². The van der Waals surface area contributed by atoms with Crippen LogP contribution in [-0.2, 0) is 32.7 Å². The molecule has 41 heavy (non-hydrogen) atoms. The van der Waals surface area contributed by atoms with E-state index >= 15 is 0 Å². The van der Waals surface area contributed by atoms with E-state index < -0.39 is 106 Å². The van der Waals surface area contributed by atoms with Crippen LogP contribution >= 0.6 is 7.82 Å². The Bertz CT molecular complexity index is 1120. The number of nitrogens with zero attached hydrogens (tertiary/aromatic N) is 2. The van der Waals surface area contributed by atoms with Gasteiger partial charge >= 0.3 is 13.8 Å². The molecule has 0 aromatic carbocycles. The van der Waals surface area contributed by atoms with Crippen LogP contribution in [0.25, 0.3) is 0 Å². The minimum absolute atomic E-state index is 0.0648. The summed E-state index contributed by atoms with van der Waals surface area (Å²) in [4.78, 5) is 39.5. The summed E-state index contributed by atoms with van der Waals surface area (Å²) in [5.74, 6) is -6.61. The number of ketones is 1. The van der Waals surface area contributed by atoms with E-state index in [1.165, 1.54) is 24.1 Å². The first-order chi connectivity index (χ1) is 19.0. The fraction of sp³-hybridized carbons (Fsp3) is 0.682. The smallest absolute Gasteiger partial charge is 0.475 e. The molecule has 0 aliphatic carbocycles. The zero-order chi connectivity index (χ0) is 30.9. The minimum atomic E-state index is -5.42. The van der Waals surface area contributed by atoms with Crippen molar-refractivity contribution in [3.05, 3.63) is 24.7 Å². The fourth-order valence-corrected chi connectivity index (χ4v) is 5.65. The lowest BCUT2D eigenvalue weighted by atomic mass is 9.80. The van der Waals surface area contributed by atoms with E-state index in [1.54, 1.807) is 0 Å². The molecular weight excluding hydrogens is 575 g/mol. The number of carbonyl (C=O) groups excluding carboxylic acids is 1. The fourth-order valence-electron chi connectivity index (χ4n) is 4.70. The lowest BCUT2D eigenvalue weighted by molar-refractivity contribution is -0.296. The standard InChI is InChI=1S/C22H35N4O14P/c1-9(27)5-11-12(28)6-22(21(33)34,39-19(11)16(30)13(29)7-23)40-41(35,36)37-8-14-17(31)18(32)20(38-14)26-4-3-15(24)25-10(26)2/h3-4,11-14,16-20,28-32H,2,5-8,23H2,1H3,(H2,24,25)(H,33,34)(H,35,36)/t11-,12-,13-,14-,16-,17+,18?,19?,20-,22-/m1/s1. The number of carboxylic acids is 1. The molecule has 0 saturated carbocycles. The number of hydrogen-bond acceptors (Lipinski definition) is 16. The third-order valence-corrected chi connectivity index (χ3v) is 7.78. The average molecular weight is 611 g/mol. The Morgan fingerprint density at radius 1 is 1.32 bits per heavy atom. The molecule has 18 nitrogen and oxygen atoms in total. The van der Waals surface area contributed by atoms with Crippen LogP contribution in [0.3, 0.4) is 0 Å². The molecule has 0 spiro atoms. The van der Waals surface area contributed by atoms with Gasteiger partial charge in [0, 0.05) is 31.5 Å². The van der Waals surface area contributed by atoms with Crippen molar-refractivity contribution in [1.29, 1.82) is 0 Å². The van der Waals surface area contributed by atoms with E-state index in [-0.39, 0.29) is 11.7 Å². The maximum Gasteiger partial charge on any atom is 0.475 e. The average Bonchev–Trinajstić information content (AvgIpc) is 3.16. The summed E-state index contributed by atoms with van der Waals surface area (Å²) in [6, 6.07) is 0. The van der Waals surface area contributed by atoms with Gasteiger partial charge in [-0.25, -0.2) is 18.9 Å². The van der Waals surface area contributed by atoms with Gasteiger partial charge in [0.2, 0.25) is 0 Å². The SMILES string of the molecule is C=C1N=C(N)C=CN1[C@@H]1O[C@H](COP(=O)(O)O[C@@]2(C(=O)O)C[C@@H](O)[C@@H](CC(C)=O)C([C@H](O)[C@H](O)CN)O2)[C@H](O)C1O. The normalized spacial score (nSPS) is 36.9. The van der Waals surface area contributed by atoms with Crippen molar-refractivity contribution in [3.63, 3.8) is 0 Å². The minimum Gasteiger partial charge on any atom is -0.477 e. The summed E-state index contributed by atoms with van der Waals surface area (Å²) in [5.41, 5.74) is 10.9. The summed E-state index contributed by atoms with van der Waals surface area (Å²) in [7, 11) is -5.42. The first-order valence-corrected chi connectivity index (χ1v) is 13.9. The predicted molar refractivity (Wildman–Crippen MR) is 135 cm³/mol. The van der Waals surface area contributed by atoms with Crippen LogP contribution in [0, 0.1) is 5.92 Å². The van der Waals surface area contributed by atoms with E-state index in [2.05, 4.69) is 11.6 Å². The topological polar surface area (TPSA) is 297 Å². The first-order valence-electron chi connectivity index (χ1n) is 12.4. The molecule has 11 N–H and O–H groups in total. The van der Waals surface area contributed by atoms with Gasteiger partial charge in [0.15, 0.2) is 6.23 Å². The van der Waals surface area contributed by atoms with Gasteiger partial charge < -0.3 is 66.2 Å².